The summed E-state index contributed by atoms with van der Waals surface area (Å²) in [6, 6.07) is 8.88. The Balaban J connectivity index is 2.27. The zero-order valence-corrected chi connectivity index (χ0v) is 13.7. The summed E-state index contributed by atoms with van der Waals surface area (Å²) in [6.45, 7) is 0. The maximum absolute atomic E-state index is 13.0. The Bertz CT molecular complexity index is 866. The van der Waals surface area contributed by atoms with Crippen LogP contribution in [-0.4, -0.2) is 21.5 Å². The van der Waals surface area contributed by atoms with Crippen molar-refractivity contribution in [2.45, 2.75) is 11.1 Å². The molecule has 2 aromatic rings. The van der Waals surface area contributed by atoms with E-state index in [1.165, 1.54) is 37.4 Å². The molecule has 134 valence electrons. The van der Waals surface area contributed by atoms with Crippen LogP contribution in [-0.2, 0) is 16.2 Å². The number of hydrogen-bond acceptors (Lipinski definition) is 3. The first-order valence-corrected chi connectivity index (χ1v) is 8.39. The highest BCUT2D eigenvalue weighted by atomic mass is 32.2. The molecule has 0 aliphatic rings. The number of hydrogen-bond donors (Lipinski definition) is 3. The normalized spacial score (nSPS) is 11.7. The third-order valence-corrected chi connectivity index (χ3v) is 4.54. The van der Waals surface area contributed by atoms with Gasteiger partial charge in [0.2, 0.25) is 0 Å². The maximum Gasteiger partial charge on any atom is 0.417 e. The van der Waals surface area contributed by atoms with Crippen molar-refractivity contribution in [1.29, 1.82) is 0 Å². The number of carbonyl (C=O) groups excluding carboxylic acids is 1. The van der Waals surface area contributed by atoms with E-state index in [0.29, 0.717) is 11.8 Å². The van der Waals surface area contributed by atoms with E-state index < -0.39 is 32.7 Å². The number of nitrogens with one attached hydrogen (secondary N) is 3. The second-order valence-corrected chi connectivity index (χ2v) is 6.53. The maximum atomic E-state index is 13.0. The van der Waals surface area contributed by atoms with Gasteiger partial charge in [0.25, 0.3) is 10.0 Å². The lowest BCUT2D eigenvalue weighted by atomic mass is 10.2. The topological polar surface area (TPSA) is 87.3 Å². The van der Waals surface area contributed by atoms with Gasteiger partial charge in [-0.3, -0.25) is 4.72 Å². The van der Waals surface area contributed by atoms with Crippen molar-refractivity contribution in [2.24, 2.45) is 0 Å². The van der Waals surface area contributed by atoms with Gasteiger partial charge in [0.1, 0.15) is 0 Å². The standard InChI is InChI=1S/C15H14F3N3O3S/c1-19-14(22)20-10-6-8-11(9-7-10)21-25(23,24)13-5-3-2-4-12(13)15(16,17)18/h2-9,21H,1H3,(H2,19,20,22). The van der Waals surface area contributed by atoms with E-state index in [4.69, 9.17) is 0 Å². The van der Waals surface area contributed by atoms with Gasteiger partial charge in [-0.2, -0.15) is 13.2 Å². The van der Waals surface area contributed by atoms with Gasteiger partial charge in [-0.15, -0.1) is 0 Å². The Kier molecular flexibility index (Phi) is 5.21. The monoisotopic (exact) mass is 373 g/mol. The Labute approximate surface area is 142 Å². The lowest BCUT2D eigenvalue weighted by Gasteiger charge is -2.14. The van der Waals surface area contributed by atoms with Crippen LogP contribution in [0.3, 0.4) is 0 Å². The summed E-state index contributed by atoms with van der Waals surface area (Å²) < 4.78 is 65.6. The van der Waals surface area contributed by atoms with Gasteiger partial charge in [-0.1, -0.05) is 12.1 Å². The van der Waals surface area contributed by atoms with E-state index in [0.717, 1.165) is 12.1 Å². The minimum Gasteiger partial charge on any atom is -0.341 e. The van der Waals surface area contributed by atoms with E-state index in [2.05, 4.69) is 15.4 Å². The van der Waals surface area contributed by atoms with Gasteiger partial charge >= 0.3 is 12.2 Å². The Hall–Kier alpha value is -2.75. The molecule has 10 heteroatoms. The molecule has 0 saturated carbocycles. The van der Waals surface area contributed by atoms with Crippen molar-refractivity contribution >= 4 is 27.4 Å². The van der Waals surface area contributed by atoms with Gasteiger partial charge in [0, 0.05) is 18.4 Å². The quantitative estimate of drug-likeness (QED) is 0.769. The van der Waals surface area contributed by atoms with Gasteiger partial charge in [0.15, 0.2) is 0 Å². The highest BCUT2D eigenvalue weighted by molar-refractivity contribution is 7.92. The fourth-order valence-corrected chi connectivity index (χ4v) is 3.25. The Morgan fingerprint density at radius 3 is 2.08 bits per heavy atom. The van der Waals surface area contributed by atoms with Crippen LogP contribution < -0.4 is 15.4 Å². The molecule has 0 heterocycles. The molecular weight excluding hydrogens is 359 g/mol. The zero-order chi connectivity index (χ0) is 18.7. The summed E-state index contributed by atoms with van der Waals surface area (Å²) in [7, 11) is -3.01. The molecule has 0 fully saturated rings. The number of urea groups is 1. The zero-order valence-electron chi connectivity index (χ0n) is 12.9. The summed E-state index contributed by atoms with van der Waals surface area (Å²) >= 11 is 0. The van der Waals surface area contributed by atoms with Crippen LogP contribution in [0.5, 0.6) is 0 Å². The lowest BCUT2D eigenvalue weighted by Crippen LogP contribution is -2.24. The van der Waals surface area contributed by atoms with Crippen LogP contribution in [0, 0.1) is 0 Å². The minimum absolute atomic E-state index is 0.0550. The molecule has 0 spiro atoms. The van der Waals surface area contributed by atoms with Crippen molar-refractivity contribution in [1.82, 2.24) is 5.32 Å². The molecule has 0 aliphatic heterocycles. The third kappa shape index (κ3) is 4.63. The van der Waals surface area contributed by atoms with Crippen LogP contribution in [0.1, 0.15) is 5.56 Å². The molecule has 0 aromatic heterocycles. The molecule has 0 saturated heterocycles. The van der Waals surface area contributed by atoms with Gasteiger partial charge < -0.3 is 10.6 Å². The van der Waals surface area contributed by atoms with Crippen LogP contribution >= 0.6 is 0 Å². The summed E-state index contributed by atoms with van der Waals surface area (Å²) in [5, 5.41) is 4.81. The SMILES string of the molecule is CNC(=O)Nc1ccc(NS(=O)(=O)c2ccccc2C(F)(F)F)cc1. The molecule has 2 rings (SSSR count). The first-order valence-electron chi connectivity index (χ1n) is 6.91. The first-order chi connectivity index (χ1) is 11.6. The second-order valence-electron chi connectivity index (χ2n) is 4.88. The highest BCUT2D eigenvalue weighted by Gasteiger charge is 2.36. The first kappa shape index (κ1) is 18.6. The average molecular weight is 373 g/mol. The minimum atomic E-state index is -4.80. The number of carbonyl (C=O) groups is 1. The highest BCUT2D eigenvalue weighted by Crippen LogP contribution is 2.34. The van der Waals surface area contributed by atoms with Gasteiger partial charge in [0.05, 0.1) is 10.5 Å². The van der Waals surface area contributed by atoms with Crippen molar-refractivity contribution in [3.05, 3.63) is 54.1 Å². The number of halogens is 3. The van der Waals surface area contributed by atoms with Crippen molar-refractivity contribution in [2.75, 3.05) is 17.1 Å². The van der Waals surface area contributed by atoms with Gasteiger partial charge in [-0.05, 0) is 36.4 Å². The Morgan fingerprint density at radius 2 is 1.52 bits per heavy atom. The van der Waals surface area contributed by atoms with E-state index >= 15 is 0 Å². The fraction of sp³-hybridized carbons (Fsp3) is 0.133. The predicted octanol–water partition coefficient (Wildman–Crippen LogP) is 3.26. The fourth-order valence-electron chi connectivity index (χ4n) is 1.96. The molecule has 0 unspecified atom stereocenters. The molecule has 0 bridgehead atoms. The number of benzene rings is 2. The van der Waals surface area contributed by atoms with Crippen LogP contribution in [0.2, 0.25) is 0 Å². The molecular formula is C15H14F3N3O3S. The molecule has 0 radical (unpaired) electrons. The van der Waals surface area contributed by atoms with Crippen LogP contribution in [0.4, 0.5) is 29.3 Å². The molecule has 2 amide bonds. The molecule has 3 N–H and O–H groups in total. The number of anilines is 2. The van der Waals surface area contributed by atoms with Crippen LogP contribution in [0.15, 0.2) is 53.4 Å². The third-order valence-electron chi connectivity index (χ3n) is 3.10. The molecule has 0 aliphatic carbocycles. The number of amides is 2. The number of sulfonamides is 1. The van der Waals surface area contributed by atoms with E-state index in [9.17, 15) is 26.4 Å². The second kappa shape index (κ2) is 7.01. The summed E-state index contributed by atoms with van der Waals surface area (Å²) in [6.07, 6.45) is -4.80. The Morgan fingerprint density at radius 1 is 0.960 bits per heavy atom. The smallest absolute Gasteiger partial charge is 0.341 e. The lowest BCUT2D eigenvalue weighted by molar-refractivity contribution is -0.139. The molecule has 0 atom stereocenters. The summed E-state index contributed by atoms with van der Waals surface area (Å²) in [5.74, 6) is 0. The van der Waals surface area contributed by atoms with E-state index in [-0.39, 0.29) is 5.69 Å². The van der Waals surface area contributed by atoms with E-state index in [1.807, 2.05) is 0 Å². The van der Waals surface area contributed by atoms with E-state index in [1.54, 1.807) is 0 Å². The van der Waals surface area contributed by atoms with Crippen molar-refractivity contribution in [3.63, 3.8) is 0 Å². The number of rotatable bonds is 4. The molecule has 2 aromatic carbocycles. The largest absolute Gasteiger partial charge is 0.417 e. The predicted molar refractivity (Wildman–Crippen MR) is 86.8 cm³/mol. The summed E-state index contributed by atoms with van der Waals surface area (Å²) in [4.78, 5) is 10.3. The van der Waals surface area contributed by atoms with Gasteiger partial charge in [-0.25, -0.2) is 13.2 Å². The van der Waals surface area contributed by atoms with Crippen LogP contribution in [0.25, 0.3) is 0 Å². The van der Waals surface area contributed by atoms with Crippen molar-refractivity contribution < 1.29 is 26.4 Å². The average Bonchev–Trinajstić information content (AvgIpc) is 2.55. The molecule has 25 heavy (non-hydrogen) atoms. The van der Waals surface area contributed by atoms with Crippen molar-refractivity contribution in [3.8, 4) is 0 Å². The summed E-state index contributed by atoms with van der Waals surface area (Å²) in [5.41, 5.74) is -0.808. The number of alkyl halides is 3. The molecule has 6 nitrogen and oxygen atoms in total.